The molecule has 3 N–H and O–H groups in total. The van der Waals surface area contributed by atoms with E-state index in [9.17, 15) is 4.79 Å². The lowest BCUT2D eigenvalue weighted by Gasteiger charge is -2.19. The summed E-state index contributed by atoms with van der Waals surface area (Å²) in [5, 5.41) is 13.9. The molecule has 2 aromatic heterocycles. The largest absolute Gasteiger partial charge is 0.487 e. The topological polar surface area (TPSA) is 108 Å². The zero-order valence-electron chi connectivity index (χ0n) is 18.6. The smallest absolute Gasteiger partial charge is 0.227 e. The van der Waals surface area contributed by atoms with Gasteiger partial charge in [0.15, 0.2) is 22.6 Å². The molecule has 0 aliphatic heterocycles. The van der Waals surface area contributed by atoms with Gasteiger partial charge in [-0.25, -0.2) is 9.97 Å². The van der Waals surface area contributed by atoms with Crippen LogP contribution in [0, 0.1) is 12.8 Å². The van der Waals surface area contributed by atoms with E-state index in [1.54, 1.807) is 0 Å². The van der Waals surface area contributed by atoms with Gasteiger partial charge < -0.3 is 20.3 Å². The Morgan fingerprint density at radius 2 is 2.00 bits per heavy atom. The van der Waals surface area contributed by atoms with Crippen molar-refractivity contribution in [2.75, 3.05) is 36.2 Å². The van der Waals surface area contributed by atoms with Crippen LogP contribution in [0.5, 0.6) is 5.75 Å². The summed E-state index contributed by atoms with van der Waals surface area (Å²) in [7, 11) is 3.83. The van der Waals surface area contributed by atoms with E-state index in [2.05, 4.69) is 20.8 Å². The van der Waals surface area contributed by atoms with Crippen molar-refractivity contribution in [1.29, 1.82) is 0 Å². The molecule has 0 radical (unpaired) electrons. The van der Waals surface area contributed by atoms with Gasteiger partial charge in [-0.3, -0.25) is 9.89 Å². The molecule has 32 heavy (non-hydrogen) atoms. The van der Waals surface area contributed by atoms with Gasteiger partial charge in [0.05, 0.1) is 6.61 Å². The SMILES string of the molecule is CCOc1c(Nc2cc(C)[nH]n2)nc(Sc2ccc(NC(=O)C3CC3)cc2)nc1N(C)C. The van der Waals surface area contributed by atoms with Crippen molar-refractivity contribution < 1.29 is 9.53 Å². The average Bonchev–Trinajstić information content (AvgIpc) is 3.53. The number of nitrogens with zero attached hydrogens (tertiary/aromatic N) is 4. The fourth-order valence-corrected chi connectivity index (χ4v) is 3.79. The Morgan fingerprint density at radius 3 is 2.59 bits per heavy atom. The summed E-state index contributed by atoms with van der Waals surface area (Å²) in [4.78, 5) is 24.2. The Bertz CT molecular complexity index is 1090. The summed E-state index contributed by atoms with van der Waals surface area (Å²) in [6, 6.07) is 9.60. The highest BCUT2D eigenvalue weighted by Gasteiger charge is 2.29. The highest BCUT2D eigenvalue weighted by molar-refractivity contribution is 7.99. The van der Waals surface area contributed by atoms with Crippen LogP contribution in [-0.2, 0) is 4.79 Å². The van der Waals surface area contributed by atoms with Crippen LogP contribution in [0.25, 0.3) is 0 Å². The number of aromatic nitrogens is 4. The van der Waals surface area contributed by atoms with Gasteiger partial charge in [0.25, 0.3) is 0 Å². The van der Waals surface area contributed by atoms with Crippen LogP contribution in [0.2, 0.25) is 0 Å². The first-order valence-corrected chi connectivity index (χ1v) is 11.3. The predicted molar refractivity (Wildman–Crippen MR) is 126 cm³/mol. The number of aryl methyl sites for hydroxylation is 1. The summed E-state index contributed by atoms with van der Waals surface area (Å²) < 4.78 is 5.87. The second-order valence-electron chi connectivity index (χ2n) is 7.79. The standard InChI is InChI=1S/C22H27N7O2S/c1-5-31-18-19(24-17-12-13(2)27-28-17)25-22(26-20(18)29(3)4)32-16-10-8-15(9-11-16)23-21(30)14-6-7-14/h8-12,14H,5-7H2,1-4H3,(H,23,30)(H2,24,25,26,27,28). The normalized spacial score (nSPS) is 13.0. The highest BCUT2D eigenvalue weighted by Crippen LogP contribution is 2.38. The van der Waals surface area contributed by atoms with Gasteiger partial charge in [-0.15, -0.1) is 0 Å². The van der Waals surface area contributed by atoms with Crippen LogP contribution in [0.4, 0.5) is 23.1 Å². The van der Waals surface area contributed by atoms with E-state index >= 15 is 0 Å². The van der Waals surface area contributed by atoms with Crippen molar-refractivity contribution in [2.45, 2.75) is 36.7 Å². The summed E-state index contributed by atoms with van der Waals surface area (Å²) in [6.07, 6.45) is 1.97. The number of hydrogen-bond acceptors (Lipinski definition) is 8. The molecule has 1 aromatic carbocycles. The van der Waals surface area contributed by atoms with Crippen LogP contribution in [0.15, 0.2) is 40.4 Å². The third-order valence-electron chi connectivity index (χ3n) is 4.77. The van der Waals surface area contributed by atoms with E-state index in [4.69, 9.17) is 14.7 Å². The molecule has 1 fully saturated rings. The molecule has 1 aliphatic rings. The van der Waals surface area contributed by atoms with Crippen molar-refractivity contribution in [3.63, 3.8) is 0 Å². The lowest BCUT2D eigenvalue weighted by atomic mass is 10.3. The summed E-state index contributed by atoms with van der Waals surface area (Å²) in [6.45, 7) is 4.35. The van der Waals surface area contributed by atoms with Crippen LogP contribution in [-0.4, -0.2) is 46.8 Å². The number of carbonyl (C=O) groups is 1. The van der Waals surface area contributed by atoms with Crippen LogP contribution < -0.4 is 20.3 Å². The molecule has 1 amide bonds. The monoisotopic (exact) mass is 453 g/mol. The molecule has 9 nitrogen and oxygen atoms in total. The lowest BCUT2D eigenvalue weighted by Crippen LogP contribution is -2.15. The van der Waals surface area contributed by atoms with Gasteiger partial charge in [-0.2, -0.15) is 5.10 Å². The van der Waals surface area contributed by atoms with Gasteiger partial charge in [-0.1, -0.05) is 0 Å². The molecule has 3 aromatic rings. The molecule has 168 valence electrons. The first kappa shape index (κ1) is 21.9. The second-order valence-corrected chi connectivity index (χ2v) is 8.83. The number of benzene rings is 1. The fraction of sp³-hybridized carbons (Fsp3) is 0.364. The zero-order chi connectivity index (χ0) is 22.7. The number of rotatable bonds is 9. The number of hydrogen-bond donors (Lipinski definition) is 3. The Balaban J connectivity index is 1.58. The first-order valence-electron chi connectivity index (χ1n) is 10.5. The molecule has 10 heteroatoms. The average molecular weight is 454 g/mol. The molecule has 2 heterocycles. The molecule has 4 rings (SSSR count). The summed E-state index contributed by atoms with van der Waals surface area (Å²) in [5.74, 6) is 2.72. The number of carbonyl (C=O) groups excluding carboxylic acids is 1. The minimum atomic E-state index is 0.0974. The van der Waals surface area contributed by atoms with Gasteiger partial charge in [0.2, 0.25) is 11.7 Å². The van der Waals surface area contributed by atoms with Crippen molar-refractivity contribution in [3.8, 4) is 5.75 Å². The second kappa shape index (κ2) is 9.47. The van der Waals surface area contributed by atoms with Crippen molar-refractivity contribution >= 4 is 40.8 Å². The zero-order valence-corrected chi connectivity index (χ0v) is 19.4. The number of nitrogens with one attached hydrogen (secondary N) is 3. The van der Waals surface area contributed by atoms with E-state index < -0.39 is 0 Å². The van der Waals surface area contributed by atoms with Crippen molar-refractivity contribution in [2.24, 2.45) is 5.92 Å². The maximum absolute atomic E-state index is 12.0. The molecule has 0 bridgehead atoms. The van der Waals surface area contributed by atoms with E-state index in [-0.39, 0.29) is 11.8 Å². The molecule has 1 saturated carbocycles. The number of amides is 1. The molecule has 0 saturated heterocycles. The number of aromatic amines is 1. The van der Waals surface area contributed by atoms with Crippen molar-refractivity contribution in [1.82, 2.24) is 20.2 Å². The molecular formula is C22H27N7O2S. The summed E-state index contributed by atoms with van der Waals surface area (Å²) >= 11 is 1.44. The Morgan fingerprint density at radius 1 is 1.25 bits per heavy atom. The van der Waals surface area contributed by atoms with Crippen LogP contribution in [0.1, 0.15) is 25.5 Å². The maximum atomic E-state index is 12.0. The third kappa shape index (κ3) is 5.31. The number of anilines is 4. The maximum Gasteiger partial charge on any atom is 0.227 e. The quantitative estimate of drug-likeness (QED) is 0.414. The Hall–Kier alpha value is -3.27. The highest BCUT2D eigenvalue weighted by atomic mass is 32.2. The summed E-state index contributed by atoms with van der Waals surface area (Å²) in [5.41, 5.74) is 1.74. The number of H-pyrrole nitrogens is 1. The molecular weight excluding hydrogens is 426 g/mol. The van der Waals surface area contributed by atoms with E-state index in [1.165, 1.54) is 11.8 Å². The molecule has 0 atom stereocenters. The molecule has 1 aliphatic carbocycles. The van der Waals surface area contributed by atoms with Crippen molar-refractivity contribution in [3.05, 3.63) is 36.0 Å². The molecule has 0 spiro atoms. The minimum absolute atomic E-state index is 0.0974. The fourth-order valence-electron chi connectivity index (χ4n) is 3.03. The van der Waals surface area contributed by atoms with Crippen LogP contribution in [0.3, 0.4) is 0 Å². The Kier molecular flexibility index (Phi) is 6.50. The Labute approximate surface area is 191 Å². The number of ether oxygens (including phenoxy) is 1. The first-order chi connectivity index (χ1) is 15.4. The predicted octanol–water partition coefficient (Wildman–Crippen LogP) is 4.22. The van der Waals surface area contributed by atoms with E-state index in [0.717, 1.165) is 29.1 Å². The van der Waals surface area contributed by atoms with Gasteiger partial charge >= 0.3 is 0 Å². The van der Waals surface area contributed by atoms with Gasteiger partial charge in [0, 0.05) is 42.4 Å². The van der Waals surface area contributed by atoms with Gasteiger partial charge in [-0.05, 0) is 62.7 Å². The molecule has 0 unspecified atom stereocenters. The van der Waals surface area contributed by atoms with Gasteiger partial charge in [0.1, 0.15) is 0 Å². The van der Waals surface area contributed by atoms with E-state index in [1.807, 2.05) is 63.2 Å². The third-order valence-corrected chi connectivity index (χ3v) is 5.64. The van der Waals surface area contributed by atoms with Crippen LogP contribution >= 0.6 is 11.8 Å². The minimum Gasteiger partial charge on any atom is -0.487 e. The van der Waals surface area contributed by atoms with E-state index in [0.29, 0.717) is 35.0 Å². The lowest BCUT2D eigenvalue weighted by molar-refractivity contribution is -0.117.